The summed E-state index contributed by atoms with van der Waals surface area (Å²) < 4.78 is 1.50. The molecule has 0 spiro atoms. The number of halogens is 2. The third kappa shape index (κ3) is 5.21. The number of fused-ring (bicyclic) bond motifs is 1. The highest BCUT2D eigenvalue weighted by atomic mass is 35.5. The molecule has 1 heterocycles. The fraction of sp³-hybridized carbons (Fsp3) is 0.190. The molecule has 0 fully saturated rings. The molecule has 150 valence electrons. The molecule has 0 aliphatic heterocycles. The van der Waals surface area contributed by atoms with E-state index in [2.05, 4.69) is 16.9 Å². The van der Waals surface area contributed by atoms with Crippen molar-refractivity contribution in [3.8, 4) is 0 Å². The van der Waals surface area contributed by atoms with E-state index >= 15 is 0 Å². The highest BCUT2D eigenvalue weighted by Crippen LogP contribution is 2.21. The van der Waals surface area contributed by atoms with Crippen LogP contribution in [0.4, 0.5) is 0 Å². The highest BCUT2D eigenvalue weighted by molar-refractivity contribution is 7.99. The van der Waals surface area contributed by atoms with Crippen molar-refractivity contribution >= 4 is 51.8 Å². The van der Waals surface area contributed by atoms with Gasteiger partial charge in [0.25, 0.3) is 5.56 Å². The van der Waals surface area contributed by atoms with Crippen LogP contribution < -0.4 is 10.9 Å². The number of amides is 1. The number of nitrogens with one attached hydrogen (secondary N) is 1. The van der Waals surface area contributed by atoms with Crippen molar-refractivity contribution in [3.05, 3.63) is 81.1 Å². The van der Waals surface area contributed by atoms with E-state index in [0.29, 0.717) is 32.6 Å². The lowest BCUT2D eigenvalue weighted by atomic mass is 10.1. The van der Waals surface area contributed by atoms with Crippen LogP contribution in [0.2, 0.25) is 10.0 Å². The molecule has 0 saturated heterocycles. The van der Waals surface area contributed by atoms with Gasteiger partial charge in [-0.1, -0.05) is 53.2 Å². The lowest BCUT2D eigenvalue weighted by Crippen LogP contribution is -2.29. The fourth-order valence-electron chi connectivity index (χ4n) is 2.82. The first-order valence-electron chi connectivity index (χ1n) is 8.87. The van der Waals surface area contributed by atoms with Crippen LogP contribution in [0.15, 0.2) is 65.1 Å². The van der Waals surface area contributed by atoms with Gasteiger partial charge in [0.05, 0.1) is 22.7 Å². The predicted octanol–water partition coefficient (Wildman–Crippen LogP) is 4.86. The molecule has 8 heteroatoms. The van der Waals surface area contributed by atoms with Crippen LogP contribution in [-0.2, 0) is 11.3 Å². The maximum atomic E-state index is 12.8. The van der Waals surface area contributed by atoms with E-state index in [0.717, 1.165) is 5.56 Å². The summed E-state index contributed by atoms with van der Waals surface area (Å²) in [4.78, 5) is 29.8. The lowest BCUT2D eigenvalue weighted by molar-refractivity contribution is -0.119. The van der Waals surface area contributed by atoms with E-state index in [1.165, 1.54) is 16.3 Å². The second kappa shape index (κ2) is 9.48. The molecule has 2 aromatic carbocycles. The molecule has 1 atom stereocenters. The van der Waals surface area contributed by atoms with Crippen LogP contribution in [0.25, 0.3) is 10.9 Å². The van der Waals surface area contributed by atoms with Gasteiger partial charge in [-0.15, -0.1) is 6.58 Å². The van der Waals surface area contributed by atoms with Crippen molar-refractivity contribution < 1.29 is 4.79 Å². The summed E-state index contributed by atoms with van der Waals surface area (Å²) in [5.41, 5.74) is 1.26. The molecule has 0 bridgehead atoms. The molecule has 0 radical (unpaired) electrons. The molecule has 1 N–H and O–H groups in total. The summed E-state index contributed by atoms with van der Waals surface area (Å²) in [5.74, 6) is -0.0452. The van der Waals surface area contributed by atoms with E-state index in [-0.39, 0.29) is 23.3 Å². The molecule has 3 rings (SSSR count). The number of benzene rings is 2. The van der Waals surface area contributed by atoms with Gasteiger partial charge in [0.1, 0.15) is 0 Å². The topological polar surface area (TPSA) is 64.0 Å². The summed E-state index contributed by atoms with van der Waals surface area (Å²) >= 11 is 13.1. The second-order valence-electron chi connectivity index (χ2n) is 6.39. The molecular weight excluding hydrogens is 429 g/mol. The van der Waals surface area contributed by atoms with Crippen molar-refractivity contribution in [2.75, 3.05) is 5.75 Å². The SMILES string of the molecule is C=CCn1c(SCC(=O)NC(C)c2ccc(Cl)cc2)nc2cc(Cl)ccc2c1=O. The van der Waals surface area contributed by atoms with Gasteiger partial charge < -0.3 is 5.32 Å². The number of hydrogen-bond donors (Lipinski definition) is 1. The van der Waals surface area contributed by atoms with Gasteiger partial charge in [-0.05, 0) is 42.8 Å². The third-order valence-electron chi connectivity index (χ3n) is 4.27. The summed E-state index contributed by atoms with van der Waals surface area (Å²) in [6, 6.07) is 12.1. The number of thioether (sulfide) groups is 1. The van der Waals surface area contributed by atoms with Gasteiger partial charge >= 0.3 is 0 Å². The van der Waals surface area contributed by atoms with E-state index in [9.17, 15) is 9.59 Å². The maximum Gasteiger partial charge on any atom is 0.262 e. The Morgan fingerprint density at radius 2 is 1.93 bits per heavy atom. The molecule has 1 amide bonds. The van der Waals surface area contributed by atoms with Gasteiger partial charge in [0.15, 0.2) is 5.16 Å². The number of nitrogens with zero attached hydrogens (tertiary/aromatic N) is 2. The summed E-state index contributed by atoms with van der Waals surface area (Å²) in [5, 5.41) is 5.00. The Morgan fingerprint density at radius 1 is 1.24 bits per heavy atom. The molecule has 0 saturated carbocycles. The molecule has 3 aromatic rings. The zero-order valence-corrected chi connectivity index (χ0v) is 18.0. The van der Waals surface area contributed by atoms with E-state index in [4.69, 9.17) is 23.2 Å². The second-order valence-corrected chi connectivity index (χ2v) is 8.21. The van der Waals surface area contributed by atoms with Gasteiger partial charge in [-0.25, -0.2) is 4.98 Å². The largest absolute Gasteiger partial charge is 0.349 e. The van der Waals surface area contributed by atoms with E-state index in [1.54, 1.807) is 36.4 Å². The van der Waals surface area contributed by atoms with Crippen LogP contribution in [0.3, 0.4) is 0 Å². The van der Waals surface area contributed by atoms with Gasteiger partial charge in [-0.2, -0.15) is 0 Å². The number of hydrogen-bond acceptors (Lipinski definition) is 4. The quantitative estimate of drug-likeness (QED) is 0.319. The molecule has 0 aliphatic rings. The lowest BCUT2D eigenvalue weighted by Gasteiger charge is -2.15. The maximum absolute atomic E-state index is 12.8. The Bertz CT molecular complexity index is 1110. The van der Waals surface area contributed by atoms with Crippen molar-refractivity contribution in [3.63, 3.8) is 0 Å². The number of carbonyl (C=O) groups excluding carboxylic acids is 1. The number of aromatic nitrogens is 2. The molecule has 0 aliphatic carbocycles. The average Bonchev–Trinajstić information content (AvgIpc) is 2.69. The van der Waals surface area contributed by atoms with Crippen LogP contribution in [0, 0.1) is 0 Å². The Kier molecular flexibility index (Phi) is 7.00. The highest BCUT2D eigenvalue weighted by Gasteiger charge is 2.15. The Balaban J connectivity index is 1.77. The van der Waals surface area contributed by atoms with Gasteiger partial charge in [0, 0.05) is 16.6 Å². The zero-order valence-electron chi connectivity index (χ0n) is 15.7. The van der Waals surface area contributed by atoms with E-state index in [1.807, 2.05) is 19.1 Å². The average molecular weight is 448 g/mol. The smallest absolute Gasteiger partial charge is 0.262 e. The first kappa shape index (κ1) is 21.4. The number of rotatable bonds is 7. The van der Waals surface area contributed by atoms with Crippen molar-refractivity contribution in [2.45, 2.75) is 24.7 Å². The van der Waals surface area contributed by atoms with Crippen LogP contribution in [-0.4, -0.2) is 21.2 Å². The number of carbonyl (C=O) groups is 1. The third-order valence-corrected chi connectivity index (χ3v) is 5.74. The van der Waals surface area contributed by atoms with Crippen LogP contribution in [0.1, 0.15) is 18.5 Å². The minimum absolute atomic E-state index is 0.119. The first-order chi connectivity index (χ1) is 13.9. The van der Waals surface area contributed by atoms with Gasteiger partial charge in [-0.3, -0.25) is 14.2 Å². The minimum Gasteiger partial charge on any atom is -0.349 e. The summed E-state index contributed by atoms with van der Waals surface area (Å²) in [6.07, 6.45) is 1.62. The fourth-order valence-corrected chi connectivity index (χ4v) is 3.93. The molecular formula is C21H19Cl2N3O2S. The first-order valence-corrected chi connectivity index (χ1v) is 10.6. The Morgan fingerprint density at radius 3 is 2.62 bits per heavy atom. The van der Waals surface area contributed by atoms with Crippen molar-refractivity contribution in [1.29, 1.82) is 0 Å². The van der Waals surface area contributed by atoms with Crippen LogP contribution >= 0.6 is 35.0 Å². The van der Waals surface area contributed by atoms with E-state index < -0.39 is 0 Å². The molecule has 29 heavy (non-hydrogen) atoms. The zero-order chi connectivity index (χ0) is 21.0. The molecule has 1 unspecified atom stereocenters. The summed E-state index contributed by atoms with van der Waals surface area (Å²) in [6.45, 7) is 5.90. The molecule has 1 aromatic heterocycles. The Labute approximate surface area is 182 Å². The van der Waals surface area contributed by atoms with Crippen molar-refractivity contribution in [2.24, 2.45) is 0 Å². The number of allylic oxidation sites excluding steroid dienone is 1. The van der Waals surface area contributed by atoms with Crippen LogP contribution in [0.5, 0.6) is 0 Å². The Hall–Kier alpha value is -2.28. The molecule has 5 nitrogen and oxygen atoms in total. The predicted molar refractivity (Wildman–Crippen MR) is 120 cm³/mol. The minimum atomic E-state index is -0.191. The standard InChI is InChI=1S/C21H19Cl2N3O2S/c1-3-10-26-20(28)17-9-8-16(23)11-18(17)25-21(26)29-12-19(27)24-13(2)14-4-6-15(22)7-5-14/h3-9,11,13H,1,10,12H2,2H3,(H,24,27). The normalized spacial score (nSPS) is 12.0. The summed E-state index contributed by atoms with van der Waals surface area (Å²) in [7, 11) is 0. The van der Waals surface area contributed by atoms with Gasteiger partial charge in [0.2, 0.25) is 5.91 Å². The monoisotopic (exact) mass is 447 g/mol. The van der Waals surface area contributed by atoms with Crippen molar-refractivity contribution in [1.82, 2.24) is 14.9 Å².